The number of methoxy groups -OCH3 is 2. The molecular weight excluding hydrogens is 342 g/mol. The van der Waals surface area contributed by atoms with Gasteiger partial charge in [0.05, 0.1) is 19.4 Å². The number of nitrogens with zero attached hydrogens (tertiary/aromatic N) is 3. The molecule has 1 aliphatic heterocycles. The Hall–Kier alpha value is -2.47. The van der Waals surface area contributed by atoms with E-state index < -0.39 is 0 Å². The number of ketones is 1. The standard InChI is InChI=1S/C21H27N3O3/c1-14-8-17(9-15(2)21(14)27-4)20(25)16-6-5-7-24(11-16)19-10-18(12-26-3)22-13-23-19/h8-10,13,16H,5-7,11-12H2,1-4H3/t16-/m1/s1. The maximum atomic E-state index is 13.1. The molecule has 0 N–H and O–H groups in total. The summed E-state index contributed by atoms with van der Waals surface area (Å²) in [6, 6.07) is 5.82. The highest BCUT2D eigenvalue weighted by atomic mass is 16.5. The number of carbonyl (C=O) groups is 1. The lowest BCUT2D eigenvalue weighted by Crippen LogP contribution is -2.39. The van der Waals surface area contributed by atoms with Crippen LogP contribution < -0.4 is 9.64 Å². The second-order valence-electron chi connectivity index (χ2n) is 7.09. The van der Waals surface area contributed by atoms with Crippen molar-refractivity contribution < 1.29 is 14.3 Å². The van der Waals surface area contributed by atoms with Crippen molar-refractivity contribution in [1.29, 1.82) is 0 Å². The molecule has 0 unspecified atom stereocenters. The van der Waals surface area contributed by atoms with Gasteiger partial charge in [-0.25, -0.2) is 9.97 Å². The van der Waals surface area contributed by atoms with Gasteiger partial charge < -0.3 is 14.4 Å². The summed E-state index contributed by atoms with van der Waals surface area (Å²) in [6.45, 7) is 5.98. The summed E-state index contributed by atoms with van der Waals surface area (Å²) in [5, 5.41) is 0. The molecule has 0 radical (unpaired) electrons. The lowest BCUT2D eigenvalue weighted by atomic mass is 9.88. The van der Waals surface area contributed by atoms with Crippen molar-refractivity contribution in [2.45, 2.75) is 33.3 Å². The predicted molar refractivity (Wildman–Crippen MR) is 104 cm³/mol. The van der Waals surface area contributed by atoms with E-state index >= 15 is 0 Å². The van der Waals surface area contributed by atoms with E-state index in [0.717, 1.165) is 53.3 Å². The van der Waals surface area contributed by atoms with Gasteiger partial charge >= 0.3 is 0 Å². The van der Waals surface area contributed by atoms with Crippen molar-refractivity contribution in [3.63, 3.8) is 0 Å². The zero-order chi connectivity index (χ0) is 19.4. The van der Waals surface area contributed by atoms with Gasteiger partial charge in [-0.2, -0.15) is 0 Å². The fourth-order valence-corrected chi connectivity index (χ4v) is 3.83. The van der Waals surface area contributed by atoms with Crippen LogP contribution in [0.1, 0.15) is 40.0 Å². The van der Waals surface area contributed by atoms with Crippen molar-refractivity contribution in [3.05, 3.63) is 46.9 Å². The van der Waals surface area contributed by atoms with Crippen LogP contribution in [-0.2, 0) is 11.3 Å². The molecule has 1 aromatic carbocycles. The molecule has 3 rings (SSSR count). The number of rotatable bonds is 6. The van der Waals surface area contributed by atoms with E-state index in [2.05, 4.69) is 14.9 Å². The fourth-order valence-electron chi connectivity index (χ4n) is 3.83. The molecule has 0 bridgehead atoms. The Kier molecular flexibility index (Phi) is 6.06. The first-order chi connectivity index (χ1) is 13.0. The molecule has 1 fully saturated rings. The Morgan fingerprint density at radius 2 is 1.93 bits per heavy atom. The number of hydrogen-bond donors (Lipinski definition) is 0. The van der Waals surface area contributed by atoms with Crippen LogP contribution in [0.2, 0.25) is 0 Å². The number of piperidine rings is 1. The highest BCUT2D eigenvalue weighted by Gasteiger charge is 2.28. The first-order valence-electron chi connectivity index (χ1n) is 9.27. The van der Waals surface area contributed by atoms with Gasteiger partial charge in [0.2, 0.25) is 0 Å². The monoisotopic (exact) mass is 369 g/mol. The molecule has 2 aromatic rings. The number of benzene rings is 1. The van der Waals surface area contributed by atoms with Gasteiger partial charge in [0.25, 0.3) is 0 Å². The van der Waals surface area contributed by atoms with E-state index in [-0.39, 0.29) is 11.7 Å². The minimum absolute atomic E-state index is 0.0354. The second kappa shape index (κ2) is 8.48. The lowest BCUT2D eigenvalue weighted by molar-refractivity contribution is 0.0907. The summed E-state index contributed by atoms with van der Waals surface area (Å²) in [5.74, 6) is 1.87. The number of aryl methyl sites for hydroxylation is 2. The van der Waals surface area contributed by atoms with Gasteiger partial charge in [-0.05, 0) is 49.9 Å². The van der Waals surface area contributed by atoms with Crippen LogP contribution in [0.4, 0.5) is 5.82 Å². The van der Waals surface area contributed by atoms with E-state index in [1.54, 1.807) is 20.5 Å². The summed E-state index contributed by atoms with van der Waals surface area (Å²) < 4.78 is 10.6. The number of hydrogen-bond acceptors (Lipinski definition) is 6. The molecule has 1 atom stereocenters. The molecule has 0 spiro atoms. The normalized spacial score (nSPS) is 17.0. The van der Waals surface area contributed by atoms with Crippen molar-refractivity contribution in [1.82, 2.24) is 9.97 Å². The van der Waals surface area contributed by atoms with Crippen LogP contribution in [-0.4, -0.2) is 43.1 Å². The van der Waals surface area contributed by atoms with Crippen molar-refractivity contribution in [3.8, 4) is 5.75 Å². The maximum Gasteiger partial charge on any atom is 0.167 e. The quantitative estimate of drug-likeness (QED) is 0.728. The van der Waals surface area contributed by atoms with Crippen LogP contribution >= 0.6 is 0 Å². The third-order valence-electron chi connectivity index (χ3n) is 5.07. The predicted octanol–water partition coefficient (Wildman–Crippen LogP) is 3.35. The summed E-state index contributed by atoms with van der Waals surface area (Å²) in [6.07, 6.45) is 3.43. The van der Waals surface area contributed by atoms with Gasteiger partial charge in [-0.15, -0.1) is 0 Å². The molecule has 6 heteroatoms. The largest absolute Gasteiger partial charge is 0.496 e. The summed E-state index contributed by atoms with van der Waals surface area (Å²) in [5.41, 5.74) is 3.60. The molecule has 1 saturated heterocycles. The molecule has 1 aromatic heterocycles. The first-order valence-corrected chi connectivity index (χ1v) is 9.27. The van der Waals surface area contributed by atoms with Gasteiger partial charge in [0.15, 0.2) is 5.78 Å². The second-order valence-corrected chi connectivity index (χ2v) is 7.09. The molecule has 27 heavy (non-hydrogen) atoms. The van der Waals surface area contributed by atoms with E-state index in [0.29, 0.717) is 13.2 Å². The average molecular weight is 369 g/mol. The Balaban J connectivity index is 1.78. The maximum absolute atomic E-state index is 13.1. The smallest absolute Gasteiger partial charge is 0.167 e. The highest BCUT2D eigenvalue weighted by molar-refractivity contribution is 5.99. The van der Waals surface area contributed by atoms with E-state index in [9.17, 15) is 4.79 Å². The molecular formula is C21H27N3O3. The average Bonchev–Trinajstić information content (AvgIpc) is 2.68. The number of carbonyl (C=O) groups excluding carboxylic acids is 1. The van der Waals surface area contributed by atoms with Crippen LogP contribution in [0.25, 0.3) is 0 Å². The topological polar surface area (TPSA) is 64.5 Å². The van der Waals surface area contributed by atoms with Crippen LogP contribution in [0, 0.1) is 19.8 Å². The Labute approximate surface area is 160 Å². The summed E-state index contributed by atoms with van der Waals surface area (Å²) in [4.78, 5) is 23.9. The minimum atomic E-state index is -0.0354. The lowest BCUT2D eigenvalue weighted by Gasteiger charge is -2.33. The molecule has 0 amide bonds. The van der Waals surface area contributed by atoms with E-state index in [1.807, 2.05) is 32.0 Å². The molecule has 144 valence electrons. The van der Waals surface area contributed by atoms with Crippen molar-refractivity contribution in [2.24, 2.45) is 5.92 Å². The van der Waals surface area contributed by atoms with Gasteiger partial charge in [0, 0.05) is 37.7 Å². The van der Waals surface area contributed by atoms with Gasteiger partial charge in [-0.3, -0.25) is 4.79 Å². The molecule has 6 nitrogen and oxygen atoms in total. The third-order valence-corrected chi connectivity index (χ3v) is 5.07. The van der Waals surface area contributed by atoms with Crippen LogP contribution in [0.5, 0.6) is 5.75 Å². The zero-order valence-electron chi connectivity index (χ0n) is 16.5. The van der Waals surface area contributed by atoms with Crippen molar-refractivity contribution in [2.75, 3.05) is 32.2 Å². The SMILES string of the molecule is COCc1cc(N2CCC[C@@H](C(=O)c3cc(C)c(OC)c(C)c3)C2)ncn1. The number of ether oxygens (including phenoxy) is 2. The van der Waals surface area contributed by atoms with E-state index in [1.165, 1.54) is 0 Å². The number of anilines is 1. The van der Waals surface area contributed by atoms with Crippen LogP contribution in [0.15, 0.2) is 24.5 Å². The molecule has 2 heterocycles. The molecule has 0 saturated carbocycles. The fraction of sp³-hybridized carbons (Fsp3) is 0.476. The van der Waals surface area contributed by atoms with E-state index in [4.69, 9.17) is 9.47 Å². The van der Waals surface area contributed by atoms with Gasteiger partial charge in [-0.1, -0.05) is 0 Å². The number of Topliss-reactive ketones (excluding diaryl/α,β-unsaturated/α-hetero) is 1. The minimum Gasteiger partial charge on any atom is -0.496 e. The Bertz CT molecular complexity index is 799. The summed E-state index contributed by atoms with van der Waals surface area (Å²) >= 11 is 0. The first kappa shape index (κ1) is 19.3. The summed E-state index contributed by atoms with van der Waals surface area (Å²) in [7, 11) is 3.31. The highest BCUT2D eigenvalue weighted by Crippen LogP contribution is 2.29. The third kappa shape index (κ3) is 4.27. The molecule has 0 aliphatic carbocycles. The number of aromatic nitrogens is 2. The van der Waals surface area contributed by atoms with Crippen molar-refractivity contribution >= 4 is 11.6 Å². The molecule has 1 aliphatic rings. The van der Waals surface area contributed by atoms with Gasteiger partial charge in [0.1, 0.15) is 17.9 Å². The Morgan fingerprint density at radius 3 is 2.59 bits per heavy atom. The van der Waals surface area contributed by atoms with Crippen LogP contribution in [0.3, 0.4) is 0 Å². The Morgan fingerprint density at radius 1 is 1.19 bits per heavy atom. The zero-order valence-corrected chi connectivity index (χ0v) is 16.5.